The third-order valence-corrected chi connectivity index (χ3v) is 3.48. The highest BCUT2D eigenvalue weighted by atomic mass is 32.1. The van der Waals surface area contributed by atoms with Gasteiger partial charge in [0, 0.05) is 5.92 Å². The Labute approximate surface area is 76.4 Å². The van der Waals surface area contributed by atoms with Gasteiger partial charge in [0.1, 0.15) is 0 Å². The molecular formula is C10H12OS. The summed E-state index contributed by atoms with van der Waals surface area (Å²) in [5.41, 5.74) is 0.265. The van der Waals surface area contributed by atoms with E-state index in [1.807, 2.05) is 17.5 Å². The van der Waals surface area contributed by atoms with Crippen LogP contribution in [-0.2, 0) is 0 Å². The van der Waals surface area contributed by atoms with Crippen LogP contribution >= 0.6 is 11.3 Å². The van der Waals surface area contributed by atoms with E-state index in [1.54, 1.807) is 11.3 Å². The number of Topliss-reactive ketones (excluding diaryl/α,β-unsaturated/α-hetero) is 1. The Morgan fingerprint density at radius 2 is 2.33 bits per heavy atom. The lowest BCUT2D eigenvalue weighted by atomic mass is 10.1. The van der Waals surface area contributed by atoms with Gasteiger partial charge in [0.15, 0.2) is 5.78 Å². The third-order valence-electron chi connectivity index (χ3n) is 2.59. The SMILES string of the molecule is CC1(C)CC1C(=O)c1cccs1. The maximum atomic E-state index is 11.7. The normalized spacial score (nSPS) is 25.3. The minimum atomic E-state index is 0.265. The molecule has 1 aliphatic rings. The molecule has 0 spiro atoms. The van der Waals surface area contributed by atoms with E-state index in [-0.39, 0.29) is 11.3 Å². The molecule has 64 valence electrons. The number of hydrogen-bond donors (Lipinski definition) is 0. The lowest BCUT2D eigenvalue weighted by Gasteiger charge is -1.99. The van der Waals surface area contributed by atoms with E-state index in [9.17, 15) is 4.79 Å². The molecule has 1 nitrogen and oxygen atoms in total. The minimum absolute atomic E-state index is 0.265. The van der Waals surface area contributed by atoms with Gasteiger partial charge in [-0.1, -0.05) is 19.9 Å². The molecule has 1 aromatic rings. The standard InChI is InChI=1S/C10H12OS/c1-10(2)6-7(10)9(11)8-4-3-5-12-8/h3-5,7H,6H2,1-2H3. The maximum absolute atomic E-state index is 11.7. The molecule has 0 N–H and O–H groups in total. The fourth-order valence-electron chi connectivity index (χ4n) is 1.51. The number of thiophene rings is 1. The summed E-state index contributed by atoms with van der Waals surface area (Å²) >= 11 is 1.55. The Bertz CT molecular complexity index is 298. The molecule has 1 heterocycles. The molecule has 1 unspecified atom stereocenters. The van der Waals surface area contributed by atoms with E-state index in [4.69, 9.17) is 0 Å². The predicted molar refractivity (Wildman–Crippen MR) is 50.5 cm³/mol. The monoisotopic (exact) mass is 180 g/mol. The van der Waals surface area contributed by atoms with E-state index >= 15 is 0 Å². The summed E-state index contributed by atoms with van der Waals surface area (Å²) in [5, 5.41) is 1.96. The van der Waals surface area contributed by atoms with Crippen molar-refractivity contribution in [3.8, 4) is 0 Å². The summed E-state index contributed by atoms with van der Waals surface area (Å²) < 4.78 is 0. The van der Waals surface area contributed by atoms with Gasteiger partial charge in [0.2, 0.25) is 0 Å². The molecule has 1 fully saturated rings. The lowest BCUT2D eigenvalue weighted by Crippen LogP contribution is -2.03. The van der Waals surface area contributed by atoms with Gasteiger partial charge in [-0.15, -0.1) is 11.3 Å². The summed E-state index contributed by atoms with van der Waals surface area (Å²) in [6.07, 6.45) is 1.06. The molecule has 2 rings (SSSR count). The molecule has 0 radical (unpaired) electrons. The fraction of sp³-hybridized carbons (Fsp3) is 0.500. The van der Waals surface area contributed by atoms with Gasteiger partial charge in [-0.05, 0) is 23.3 Å². The van der Waals surface area contributed by atoms with Gasteiger partial charge >= 0.3 is 0 Å². The van der Waals surface area contributed by atoms with Crippen LogP contribution in [0.3, 0.4) is 0 Å². The Morgan fingerprint density at radius 3 is 2.75 bits per heavy atom. The van der Waals surface area contributed by atoms with Crippen molar-refractivity contribution in [3.63, 3.8) is 0 Å². The molecule has 2 heteroatoms. The van der Waals surface area contributed by atoms with Gasteiger partial charge in [0.05, 0.1) is 4.88 Å². The molecule has 0 saturated heterocycles. The van der Waals surface area contributed by atoms with E-state index in [0.29, 0.717) is 5.78 Å². The van der Waals surface area contributed by atoms with Crippen molar-refractivity contribution in [2.45, 2.75) is 20.3 Å². The average molecular weight is 180 g/mol. The molecule has 0 aliphatic heterocycles. The predicted octanol–water partition coefficient (Wildman–Crippen LogP) is 2.98. The first kappa shape index (κ1) is 7.99. The minimum Gasteiger partial charge on any atom is -0.293 e. The van der Waals surface area contributed by atoms with Crippen molar-refractivity contribution in [1.82, 2.24) is 0 Å². The van der Waals surface area contributed by atoms with Crippen LogP contribution in [-0.4, -0.2) is 5.78 Å². The second kappa shape index (κ2) is 2.43. The Hall–Kier alpha value is -0.630. The van der Waals surface area contributed by atoms with Crippen LogP contribution in [0.1, 0.15) is 29.9 Å². The van der Waals surface area contributed by atoms with Crippen LogP contribution in [0.5, 0.6) is 0 Å². The van der Waals surface area contributed by atoms with Crippen LogP contribution in [0.2, 0.25) is 0 Å². The van der Waals surface area contributed by atoms with Gasteiger partial charge in [0.25, 0.3) is 0 Å². The highest BCUT2D eigenvalue weighted by molar-refractivity contribution is 7.12. The number of carbonyl (C=O) groups excluding carboxylic acids is 1. The first-order valence-electron chi connectivity index (χ1n) is 4.19. The van der Waals surface area contributed by atoms with Crippen molar-refractivity contribution in [2.24, 2.45) is 11.3 Å². The van der Waals surface area contributed by atoms with E-state index < -0.39 is 0 Å². The number of carbonyl (C=O) groups is 1. The first-order chi connectivity index (χ1) is 5.61. The summed E-state index contributed by atoms with van der Waals surface area (Å²) in [6, 6.07) is 3.86. The largest absolute Gasteiger partial charge is 0.293 e. The van der Waals surface area contributed by atoms with Gasteiger partial charge in [-0.3, -0.25) is 4.79 Å². The number of rotatable bonds is 2. The zero-order valence-electron chi connectivity index (χ0n) is 7.33. The van der Waals surface area contributed by atoms with Gasteiger partial charge in [-0.2, -0.15) is 0 Å². The molecule has 0 aromatic carbocycles. The maximum Gasteiger partial charge on any atom is 0.176 e. The summed E-state index contributed by atoms with van der Waals surface area (Å²) in [7, 11) is 0. The zero-order valence-corrected chi connectivity index (χ0v) is 8.15. The quantitative estimate of drug-likeness (QED) is 0.639. The second-order valence-corrected chi connectivity index (χ2v) is 5.03. The van der Waals surface area contributed by atoms with Gasteiger partial charge < -0.3 is 0 Å². The topological polar surface area (TPSA) is 17.1 Å². The first-order valence-corrected chi connectivity index (χ1v) is 5.07. The summed E-state index contributed by atoms with van der Waals surface area (Å²) in [6.45, 7) is 4.31. The summed E-state index contributed by atoms with van der Waals surface area (Å²) in [5.74, 6) is 0.631. The molecule has 1 saturated carbocycles. The zero-order chi connectivity index (χ0) is 8.77. The average Bonchev–Trinajstić information content (AvgIpc) is 2.56. The van der Waals surface area contributed by atoms with Gasteiger partial charge in [-0.25, -0.2) is 0 Å². The Morgan fingerprint density at radius 1 is 1.67 bits per heavy atom. The fourth-order valence-corrected chi connectivity index (χ4v) is 2.22. The highest BCUT2D eigenvalue weighted by Crippen LogP contribution is 2.53. The third kappa shape index (κ3) is 1.20. The molecule has 0 bridgehead atoms. The Kier molecular flexibility index (Phi) is 1.62. The van der Waals surface area contributed by atoms with Crippen LogP contribution in [0.4, 0.5) is 0 Å². The van der Waals surface area contributed by atoms with E-state index in [0.717, 1.165) is 11.3 Å². The smallest absolute Gasteiger partial charge is 0.176 e. The van der Waals surface area contributed by atoms with E-state index in [2.05, 4.69) is 13.8 Å². The van der Waals surface area contributed by atoms with Crippen molar-refractivity contribution in [2.75, 3.05) is 0 Å². The van der Waals surface area contributed by atoms with Crippen molar-refractivity contribution in [1.29, 1.82) is 0 Å². The van der Waals surface area contributed by atoms with Crippen LogP contribution in [0.25, 0.3) is 0 Å². The number of hydrogen-bond acceptors (Lipinski definition) is 2. The molecule has 0 amide bonds. The van der Waals surface area contributed by atoms with Crippen LogP contribution in [0.15, 0.2) is 17.5 Å². The van der Waals surface area contributed by atoms with Crippen molar-refractivity contribution >= 4 is 17.1 Å². The second-order valence-electron chi connectivity index (χ2n) is 4.09. The van der Waals surface area contributed by atoms with Crippen LogP contribution < -0.4 is 0 Å². The van der Waals surface area contributed by atoms with Crippen molar-refractivity contribution < 1.29 is 4.79 Å². The van der Waals surface area contributed by atoms with Crippen LogP contribution in [0, 0.1) is 11.3 Å². The van der Waals surface area contributed by atoms with Crippen molar-refractivity contribution in [3.05, 3.63) is 22.4 Å². The molecule has 1 aromatic heterocycles. The molecule has 12 heavy (non-hydrogen) atoms. The van der Waals surface area contributed by atoms with E-state index in [1.165, 1.54) is 0 Å². The highest BCUT2D eigenvalue weighted by Gasteiger charge is 2.50. The summed E-state index contributed by atoms with van der Waals surface area (Å²) in [4.78, 5) is 12.6. The number of ketones is 1. The molecule has 1 atom stereocenters. The molecule has 1 aliphatic carbocycles. The lowest BCUT2D eigenvalue weighted by molar-refractivity contribution is 0.0957. The Balaban J connectivity index is 2.14. The molecular weight excluding hydrogens is 168 g/mol.